The van der Waals surface area contributed by atoms with Gasteiger partial charge in [0.05, 0.1) is 12.0 Å². The van der Waals surface area contributed by atoms with Crippen LogP contribution in [0.25, 0.3) is 0 Å². The molecule has 26 heavy (non-hydrogen) atoms. The third kappa shape index (κ3) is 4.64. The SMILES string of the molecule is COc1cccc(CCNC(=O)C2CCN(C(=O)c3cccs3)CC2)c1. The van der Waals surface area contributed by atoms with Gasteiger partial charge in [0.25, 0.3) is 5.91 Å². The molecule has 0 saturated carbocycles. The summed E-state index contributed by atoms with van der Waals surface area (Å²) in [7, 11) is 1.65. The summed E-state index contributed by atoms with van der Waals surface area (Å²) < 4.78 is 5.21. The first-order chi connectivity index (χ1) is 12.7. The number of piperidine rings is 1. The van der Waals surface area contributed by atoms with Crippen molar-refractivity contribution in [3.63, 3.8) is 0 Å². The minimum absolute atomic E-state index is 0.00676. The molecule has 1 N–H and O–H groups in total. The number of ether oxygens (including phenoxy) is 1. The van der Waals surface area contributed by atoms with Crippen LogP contribution in [0.2, 0.25) is 0 Å². The molecule has 0 aliphatic carbocycles. The fraction of sp³-hybridized carbons (Fsp3) is 0.400. The quantitative estimate of drug-likeness (QED) is 0.848. The monoisotopic (exact) mass is 372 g/mol. The van der Waals surface area contributed by atoms with Crippen LogP contribution >= 0.6 is 11.3 Å². The van der Waals surface area contributed by atoms with Gasteiger partial charge in [-0.05, 0) is 48.4 Å². The van der Waals surface area contributed by atoms with E-state index < -0.39 is 0 Å². The summed E-state index contributed by atoms with van der Waals surface area (Å²) in [6.07, 6.45) is 2.23. The van der Waals surface area contributed by atoms with Gasteiger partial charge >= 0.3 is 0 Å². The van der Waals surface area contributed by atoms with Gasteiger partial charge in [-0.15, -0.1) is 11.3 Å². The second-order valence-corrected chi connectivity index (χ2v) is 7.38. The van der Waals surface area contributed by atoms with Gasteiger partial charge in [0.2, 0.25) is 5.91 Å². The maximum absolute atomic E-state index is 12.4. The molecule has 5 nitrogen and oxygen atoms in total. The Morgan fingerprint density at radius 1 is 1.23 bits per heavy atom. The summed E-state index contributed by atoms with van der Waals surface area (Å²) in [4.78, 5) is 27.3. The third-order valence-electron chi connectivity index (χ3n) is 4.73. The van der Waals surface area contributed by atoms with E-state index in [2.05, 4.69) is 5.32 Å². The van der Waals surface area contributed by atoms with E-state index in [4.69, 9.17) is 4.74 Å². The summed E-state index contributed by atoms with van der Waals surface area (Å²) in [5.74, 6) is 0.998. The Morgan fingerprint density at radius 2 is 2.04 bits per heavy atom. The lowest BCUT2D eigenvalue weighted by Gasteiger charge is -2.31. The highest BCUT2D eigenvalue weighted by Crippen LogP contribution is 2.21. The fourth-order valence-electron chi connectivity index (χ4n) is 3.20. The number of thiophene rings is 1. The molecule has 0 radical (unpaired) electrons. The highest BCUT2D eigenvalue weighted by atomic mass is 32.1. The fourth-order valence-corrected chi connectivity index (χ4v) is 3.89. The number of benzene rings is 1. The number of hydrogen-bond acceptors (Lipinski definition) is 4. The van der Waals surface area contributed by atoms with E-state index in [1.807, 2.05) is 46.7 Å². The lowest BCUT2D eigenvalue weighted by atomic mass is 9.95. The van der Waals surface area contributed by atoms with Gasteiger partial charge in [-0.25, -0.2) is 0 Å². The normalized spacial score (nSPS) is 14.9. The Balaban J connectivity index is 1.41. The minimum Gasteiger partial charge on any atom is -0.497 e. The number of nitrogens with zero attached hydrogens (tertiary/aromatic N) is 1. The van der Waals surface area contributed by atoms with E-state index in [9.17, 15) is 9.59 Å². The van der Waals surface area contributed by atoms with Crippen molar-refractivity contribution in [1.82, 2.24) is 10.2 Å². The van der Waals surface area contributed by atoms with Gasteiger partial charge in [-0.2, -0.15) is 0 Å². The molecule has 0 unspecified atom stereocenters. The first-order valence-electron chi connectivity index (χ1n) is 8.91. The number of methoxy groups -OCH3 is 1. The molecule has 1 aromatic carbocycles. The molecule has 138 valence electrons. The second-order valence-electron chi connectivity index (χ2n) is 6.44. The van der Waals surface area contributed by atoms with Crippen molar-refractivity contribution >= 4 is 23.2 Å². The van der Waals surface area contributed by atoms with Gasteiger partial charge in [0.1, 0.15) is 5.75 Å². The Kier molecular flexibility index (Phi) is 6.28. The van der Waals surface area contributed by atoms with Gasteiger partial charge in [0.15, 0.2) is 0 Å². The lowest BCUT2D eigenvalue weighted by molar-refractivity contribution is -0.126. The van der Waals surface area contributed by atoms with Crippen LogP contribution in [0.4, 0.5) is 0 Å². The summed E-state index contributed by atoms with van der Waals surface area (Å²) in [5, 5.41) is 4.94. The predicted molar refractivity (Wildman–Crippen MR) is 103 cm³/mol. The number of amides is 2. The number of rotatable bonds is 6. The molecule has 1 saturated heterocycles. The molecule has 0 bridgehead atoms. The summed E-state index contributed by atoms with van der Waals surface area (Å²) in [6.45, 7) is 1.90. The number of carbonyl (C=O) groups excluding carboxylic acids is 2. The van der Waals surface area contributed by atoms with Crippen LogP contribution in [0.3, 0.4) is 0 Å². The molecular weight excluding hydrogens is 348 g/mol. The van der Waals surface area contributed by atoms with E-state index in [0.717, 1.165) is 35.5 Å². The zero-order valence-electron chi connectivity index (χ0n) is 14.9. The highest BCUT2D eigenvalue weighted by molar-refractivity contribution is 7.12. The summed E-state index contributed by atoms with van der Waals surface area (Å²) in [5.41, 5.74) is 1.14. The largest absolute Gasteiger partial charge is 0.497 e. The molecule has 1 aromatic heterocycles. The summed E-state index contributed by atoms with van der Waals surface area (Å²) >= 11 is 1.46. The Bertz CT molecular complexity index is 737. The highest BCUT2D eigenvalue weighted by Gasteiger charge is 2.27. The van der Waals surface area contributed by atoms with E-state index >= 15 is 0 Å². The topological polar surface area (TPSA) is 58.6 Å². The van der Waals surface area contributed by atoms with Crippen molar-refractivity contribution in [2.24, 2.45) is 5.92 Å². The molecule has 1 aliphatic rings. The molecule has 6 heteroatoms. The van der Waals surface area contributed by atoms with Crippen LogP contribution in [0.1, 0.15) is 28.1 Å². The Labute approximate surface area is 158 Å². The van der Waals surface area contributed by atoms with Crippen molar-refractivity contribution in [2.75, 3.05) is 26.7 Å². The van der Waals surface area contributed by atoms with Crippen molar-refractivity contribution in [2.45, 2.75) is 19.3 Å². The van der Waals surface area contributed by atoms with E-state index in [0.29, 0.717) is 19.6 Å². The summed E-state index contributed by atoms with van der Waals surface area (Å²) in [6, 6.07) is 11.6. The van der Waals surface area contributed by atoms with Crippen LogP contribution in [0.15, 0.2) is 41.8 Å². The molecule has 2 amide bonds. The number of carbonyl (C=O) groups is 2. The van der Waals surface area contributed by atoms with Crippen molar-refractivity contribution in [3.8, 4) is 5.75 Å². The maximum Gasteiger partial charge on any atom is 0.263 e. The van der Waals surface area contributed by atoms with E-state index in [1.54, 1.807) is 7.11 Å². The predicted octanol–water partition coefficient (Wildman–Crippen LogP) is 2.97. The van der Waals surface area contributed by atoms with E-state index in [-0.39, 0.29) is 17.7 Å². The maximum atomic E-state index is 12.4. The van der Waals surface area contributed by atoms with Gasteiger partial charge < -0.3 is 15.0 Å². The van der Waals surface area contributed by atoms with Crippen molar-refractivity contribution in [1.29, 1.82) is 0 Å². The number of hydrogen-bond donors (Lipinski definition) is 1. The molecule has 1 aliphatic heterocycles. The van der Waals surface area contributed by atoms with E-state index in [1.165, 1.54) is 11.3 Å². The Hall–Kier alpha value is -2.34. The molecular formula is C20H24N2O3S. The molecule has 3 rings (SSSR count). The van der Waals surface area contributed by atoms with Crippen molar-refractivity contribution in [3.05, 3.63) is 52.2 Å². The minimum atomic E-state index is -0.00676. The van der Waals surface area contributed by atoms with Crippen LogP contribution in [-0.4, -0.2) is 43.5 Å². The average Bonchev–Trinajstić information content (AvgIpc) is 3.22. The van der Waals surface area contributed by atoms with Crippen LogP contribution < -0.4 is 10.1 Å². The molecule has 2 heterocycles. The van der Waals surface area contributed by atoms with Crippen LogP contribution in [0, 0.1) is 5.92 Å². The number of likely N-dealkylation sites (tertiary alicyclic amines) is 1. The zero-order chi connectivity index (χ0) is 18.4. The van der Waals surface area contributed by atoms with Gasteiger partial charge in [-0.1, -0.05) is 18.2 Å². The first kappa shape index (κ1) is 18.5. The van der Waals surface area contributed by atoms with Crippen molar-refractivity contribution < 1.29 is 14.3 Å². The lowest BCUT2D eigenvalue weighted by Crippen LogP contribution is -2.43. The standard InChI is InChI=1S/C20H24N2O3S/c1-25-17-5-2-4-15(14-17)7-10-21-19(23)16-8-11-22(12-9-16)20(24)18-6-3-13-26-18/h2-6,13-14,16H,7-12H2,1H3,(H,21,23). The average molecular weight is 372 g/mol. The molecule has 2 aromatic rings. The Morgan fingerprint density at radius 3 is 2.73 bits per heavy atom. The molecule has 1 fully saturated rings. The molecule has 0 atom stereocenters. The van der Waals surface area contributed by atoms with Crippen LogP contribution in [-0.2, 0) is 11.2 Å². The zero-order valence-corrected chi connectivity index (χ0v) is 15.8. The second kappa shape index (κ2) is 8.85. The molecule has 0 spiro atoms. The number of nitrogens with one attached hydrogen (secondary N) is 1. The van der Waals surface area contributed by atoms with Gasteiger partial charge in [-0.3, -0.25) is 9.59 Å². The smallest absolute Gasteiger partial charge is 0.263 e. The first-order valence-corrected chi connectivity index (χ1v) is 9.79. The van der Waals surface area contributed by atoms with Crippen LogP contribution in [0.5, 0.6) is 5.75 Å². The third-order valence-corrected chi connectivity index (χ3v) is 5.59. The van der Waals surface area contributed by atoms with Gasteiger partial charge in [0, 0.05) is 25.6 Å².